The van der Waals surface area contributed by atoms with Gasteiger partial charge in [0.2, 0.25) is 11.8 Å². The lowest BCUT2D eigenvalue weighted by atomic mass is 9.93. The Bertz CT molecular complexity index is 867. The van der Waals surface area contributed by atoms with Crippen LogP contribution in [0.5, 0.6) is 5.75 Å². The summed E-state index contributed by atoms with van der Waals surface area (Å²) < 4.78 is 5.20. The van der Waals surface area contributed by atoms with E-state index in [9.17, 15) is 9.59 Å². The molecule has 3 rings (SSSR count). The van der Waals surface area contributed by atoms with Gasteiger partial charge in [-0.25, -0.2) is 0 Å². The topological polar surface area (TPSA) is 83.6 Å². The van der Waals surface area contributed by atoms with Crippen LogP contribution in [0.3, 0.4) is 0 Å². The molecule has 1 saturated heterocycles. The summed E-state index contributed by atoms with van der Waals surface area (Å²) in [7, 11) is 1.65. The van der Waals surface area contributed by atoms with Gasteiger partial charge in [0.1, 0.15) is 5.75 Å². The molecular formula is C22H28N4O3. The van der Waals surface area contributed by atoms with E-state index in [-0.39, 0.29) is 24.3 Å². The number of piperidine rings is 1. The summed E-state index contributed by atoms with van der Waals surface area (Å²) in [6, 6.07) is 11.8. The summed E-state index contributed by atoms with van der Waals surface area (Å²) >= 11 is 0. The number of ether oxygens (including phenoxy) is 1. The van der Waals surface area contributed by atoms with Gasteiger partial charge in [-0.3, -0.25) is 14.6 Å². The number of likely N-dealkylation sites (tertiary alicyclic amines) is 1. The van der Waals surface area contributed by atoms with Crippen LogP contribution in [-0.2, 0) is 9.59 Å². The number of amides is 2. The first-order chi connectivity index (χ1) is 13.9. The first-order valence-electron chi connectivity index (χ1n) is 9.86. The van der Waals surface area contributed by atoms with Gasteiger partial charge in [0.25, 0.3) is 0 Å². The molecule has 2 heterocycles. The molecule has 2 amide bonds. The van der Waals surface area contributed by atoms with Crippen molar-refractivity contribution < 1.29 is 14.3 Å². The third-order valence-electron chi connectivity index (χ3n) is 5.03. The van der Waals surface area contributed by atoms with Crippen molar-refractivity contribution in [2.45, 2.75) is 32.6 Å². The Balaban J connectivity index is 1.71. The van der Waals surface area contributed by atoms with E-state index < -0.39 is 0 Å². The molecule has 0 aliphatic carbocycles. The zero-order valence-electron chi connectivity index (χ0n) is 17.2. The van der Waals surface area contributed by atoms with Crippen molar-refractivity contribution in [3.05, 3.63) is 47.8 Å². The van der Waals surface area contributed by atoms with E-state index in [0.29, 0.717) is 6.54 Å². The summed E-state index contributed by atoms with van der Waals surface area (Å²) in [6.07, 6.45) is 1.91. The predicted molar refractivity (Wildman–Crippen MR) is 112 cm³/mol. The third-order valence-corrected chi connectivity index (χ3v) is 5.03. The lowest BCUT2D eigenvalue weighted by molar-refractivity contribution is -0.133. The molecule has 0 radical (unpaired) electrons. The van der Waals surface area contributed by atoms with E-state index in [0.717, 1.165) is 47.9 Å². The summed E-state index contributed by atoms with van der Waals surface area (Å²) in [5, 5.41) is 6.00. The Kier molecular flexibility index (Phi) is 6.69. The molecule has 0 saturated carbocycles. The number of anilines is 2. The van der Waals surface area contributed by atoms with Crippen molar-refractivity contribution in [2.75, 3.05) is 32.1 Å². The summed E-state index contributed by atoms with van der Waals surface area (Å²) in [6.45, 7) is 4.79. The number of nitrogens with one attached hydrogen (secondary N) is 2. The quantitative estimate of drug-likeness (QED) is 0.784. The van der Waals surface area contributed by atoms with E-state index in [1.165, 1.54) is 6.92 Å². The predicted octanol–water partition coefficient (Wildman–Crippen LogP) is 2.98. The van der Waals surface area contributed by atoms with Gasteiger partial charge in [0.05, 0.1) is 13.7 Å². The highest BCUT2D eigenvalue weighted by molar-refractivity contribution is 5.83. The van der Waals surface area contributed by atoms with E-state index in [4.69, 9.17) is 9.72 Å². The van der Waals surface area contributed by atoms with E-state index in [1.54, 1.807) is 7.11 Å². The highest BCUT2D eigenvalue weighted by Gasteiger charge is 2.26. The summed E-state index contributed by atoms with van der Waals surface area (Å²) in [5.74, 6) is 0.755. The molecule has 1 aromatic heterocycles. The fourth-order valence-electron chi connectivity index (χ4n) is 3.57. The van der Waals surface area contributed by atoms with Gasteiger partial charge in [-0.1, -0.05) is 0 Å². The number of hydrogen-bond acceptors (Lipinski definition) is 5. The lowest BCUT2D eigenvalue weighted by Gasteiger charge is -2.33. The van der Waals surface area contributed by atoms with Crippen LogP contribution in [0.4, 0.5) is 11.4 Å². The maximum absolute atomic E-state index is 12.4. The number of pyridine rings is 1. The second-order valence-electron chi connectivity index (χ2n) is 7.36. The number of benzene rings is 1. The van der Waals surface area contributed by atoms with Gasteiger partial charge < -0.3 is 20.3 Å². The van der Waals surface area contributed by atoms with Crippen molar-refractivity contribution >= 4 is 23.2 Å². The highest BCUT2D eigenvalue weighted by Crippen LogP contribution is 2.29. The molecule has 0 bridgehead atoms. The Morgan fingerprint density at radius 2 is 1.97 bits per heavy atom. The molecule has 1 aromatic carbocycles. The summed E-state index contributed by atoms with van der Waals surface area (Å²) in [5.41, 5.74) is 3.86. The molecule has 154 valence electrons. The molecule has 7 nitrogen and oxygen atoms in total. The molecule has 7 heteroatoms. The van der Waals surface area contributed by atoms with Crippen LogP contribution in [0, 0.1) is 6.92 Å². The van der Waals surface area contributed by atoms with Crippen molar-refractivity contribution in [3.63, 3.8) is 0 Å². The monoisotopic (exact) mass is 396 g/mol. The minimum absolute atomic E-state index is 0.0471. The molecule has 1 atom stereocenters. The van der Waals surface area contributed by atoms with Crippen LogP contribution in [0.2, 0.25) is 0 Å². The van der Waals surface area contributed by atoms with Crippen LogP contribution in [-0.4, -0.2) is 48.4 Å². The number of methoxy groups -OCH3 is 1. The average Bonchev–Trinajstić information content (AvgIpc) is 2.72. The second kappa shape index (κ2) is 9.41. The minimum atomic E-state index is -0.193. The third kappa shape index (κ3) is 5.70. The Morgan fingerprint density at radius 3 is 2.66 bits per heavy atom. The first-order valence-corrected chi connectivity index (χ1v) is 9.86. The number of aromatic nitrogens is 1. The maximum Gasteiger partial charge on any atom is 0.241 e. The SMILES string of the molecule is COc1ccc(Nc2cc(C)nc([C@@H]3CCCN(C(=O)CNC(C)=O)C3)c2)cc1. The van der Waals surface area contributed by atoms with Gasteiger partial charge in [-0.2, -0.15) is 0 Å². The van der Waals surface area contributed by atoms with Crippen molar-refractivity contribution in [3.8, 4) is 5.75 Å². The number of carbonyl (C=O) groups is 2. The van der Waals surface area contributed by atoms with Crippen LogP contribution >= 0.6 is 0 Å². The fourth-order valence-corrected chi connectivity index (χ4v) is 3.57. The largest absolute Gasteiger partial charge is 0.497 e. The maximum atomic E-state index is 12.4. The number of rotatable bonds is 6. The van der Waals surface area contributed by atoms with Crippen molar-refractivity contribution in [2.24, 2.45) is 0 Å². The highest BCUT2D eigenvalue weighted by atomic mass is 16.5. The fraction of sp³-hybridized carbons (Fsp3) is 0.409. The molecule has 0 unspecified atom stereocenters. The number of nitrogens with zero attached hydrogens (tertiary/aromatic N) is 2. The van der Waals surface area contributed by atoms with Crippen molar-refractivity contribution in [1.29, 1.82) is 0 Å². The van der Waals surface area contributed by atoms with Gasteiger partial charge in [-0.05, 0) is 56.2 Å². The first kappa shape index (κ1) is 20.6. The van der Waals surface area contributed by atoms with E-state index in [1.807, 2.05) is 42.2 Å². The Morgan fingerprint density at radius 1 is 1.21 bits per heavy atom. The molecule has 1 aliphatic heterocycles. The number of carbonyl (C=O) groups excluding carboxylic acids is 2. The molecule has 1 fully saturated rings. The molecule has 2 N–H and O–H groups in total. The van der Waals surface area contributed by atoms with E-state index >= 15 is 0 Å². The Labute approximate surface area is 171 Å². The molecular weight excluding hydrogens is 368 g/mol. The molecule has 29 heavy (non-hydrogen) atoms. The zero-order chi connectivity index (χ0) is 20.8. The zero-order valence-corrected chi connectivity index (χ0v) is 17.2. The lowest BCUT2D eigenvalue weighted by Crippen LogP contribution is -2.44. The van der Waals surface area contributed by atoms with Gasteiger partial charge >= 0.3 is 0 Å². The molecule has 1 aliphatic rings. The smallest absolute Gasteiger partial charge is 0.241 e. The second-order valence-corrected chi connectivity index (χ2v) is 7.36. The van der Waals surface area contributed by atoms with Crippen LogP contribution in [0.15, 0.2) is 36.4 Å². The van der Waals surface area contributed by atoms with Crippen LogP contribution < -0.4 is 15.4 Å². The van der Waals surface area contributed by atoms with Gasteiger partial charge in [0, 0.05) is 48.7 Å². The van der Waals surface area contributed by atoms with Crippen LogP contribution in [0.25, 0.3) is 0 Å². The minimum Gasteiger partial charge on any atom is -0.497 e. The number of hydrogen-bond donors (Lipinski definition) is 2. The Hall–Kier alpha value is -3.09. The van der Waals surface area contributed by atoms with E-state index in [2.05, 4.69) is 16.7 Å². The van der Waals surface area contributed by atoms with Crippen LogP contribution in [0.1, 0.15) is 37.1 Å². The standard InChI is InChI=1S/C22H28N4O3/c1-15-11-19(25-18-6-8-20(29-3)9-7-18)12-21(24-15)17-5-4-10-26(14-17)22(28)13-23-16(2)27/h6-9,11-12,17H,4-5,10,13-14H2,1-3H3,(H,23,27)(H,24,25)/t17-/m1/s1. The normalized spacial score (nSPS) is 16.2. The van der Waals surface area contributed by atoms with Gasteiger partial charge in [-0.15, -0.1) is 0 Å². The number of aryl methyl sites for hydroxylation is 1. The summed E-state index contributed by atoms with van der Waals surface area (Å²) in [4.78, 5) is 30.0. The van der Waals surface area contributed by atoms with Gasteiger partial charge in [0.15, 0.2) is 0 Å². The molecule has 0 spiro atoms. The molecule has 2 aromatic rings. The average molecular weight is 396 g/mol. The van der Waals surface area contributed by atoms with Crippen molar-refractivity contribution in [1.82, 2.24) is 15.2 Å².